The third-order valence-electron chi connectivity index (χ3n) is 3.02. The summed E-state index contributed by atoms with van der Waals surface area (Å²) in [5.41, 5.74) is 0.604. The van der Waals surface area contributed by atoms with Crippen molar-refractivity contribution in [2.45, 2.75) is 6.92 Å². The van der Waals surface area contributed by atoms with Gasteiger partial charge in [-0.15, -0.1) is 11.3 Å². The number of nitrogens with zero attached hydrogens (tertiary/aromatic N) is 2. The zero-order valence-corrected chi connectivity index (χ0v) is 12.4. The Morgan fingerprint density at radius 3 is 2.62 bits per heavy atom. The number of aryl methyl sites for hydroxylation is 1. The highest BCUT2D eigenvalue weighted by atomic mass is 35.5. The van der Waals surface area contributed by atoms with E-state index < -0.39 is 17.1 Å². The van der Waals surface area contributed by atoms with Crippen LogP contribution in [0.4, 0.5) is 0 Å². The maximum atomic E-state index is 12.1. The van der Waals surface area contributed by atoms with Gasteiger partial charge in [-0.3, -0.25) is 4.79 Å². The van der Waals surface area contributed by atoms with Gasteiger partial charge in [0.25, 0.3) is 0 Å². The number of hydrogen-bond acceptors (Lipinski definition) is 4. The minimum atomic E-state index is -1.36. The predicted octanol–water partition coefficient (Wildman–Crippen LogP) is 3.11. The molecule has 0 aliphatic rings. The van der Waals surface area contributed by atoms with Gasteiger partial charge in [0, 0.05) is 0 Å². The van der Waals surface area contributed by atoms with E-state index in [9.17, 15) is 9.59 Å². The second-order valence-electron chi connectivity index (χ2n) is 4.50. The van der Waals surface area contributed by atoms with Crippen LogP contribution in [0.3, 0.4) is 0 Å². The van der Waals surface area contributed by atoms with Crippen LogP contribution < -0.4 is 5.43 Å². The first-order valence-electron chi connectivity index (χ1n) is 6.00. The van der Waals surface area contributed by atoms with Crippen LogP contribution in [0.1, 0.15) is 16.1 Å². The molecule has 2 aromatic heterocycles. The fourth-order valence-electron chi connectivity index (χ4n) is 1.99. The van der Waals surface area contributed by atoms with Gasteiger partial charge in [-0.2, -0.15) is 5.10 Å². The van der Waals surface area contributed by atoms with Gasteiger partial charge in [-0.05, 0) is 25.1 Å². The van der Waals surface area contributed by atoms with Gasteiger partial charge in [-0.25, -0.2) is 9.48 Å². The lowest BCUT2D eigenvalue weighted by Crippen LogP contribution is -2.21. The molecule has 0 atom stereocenters. The zero-order valence-electron chi connectivity index (χ0n) is 10.8. The van der Waals surface area contributed by atoms with E-state index in [1.807, 2.05) is 31.2 Å². The number of carbonyl (C=O) groups is 1. The van der Waals surface area contributed by atoms with Crippen LogP contribution in [0.2, 0.25) is 4.34 Å². The smallest absolute Gasteiger partial charge is 0.360 e. The molecular formula is C14H9ClN2O3S. The van der Waals surface area contributed by atoms with Gasteiger partial charge in [0.1, 0.15) is 4.83 Å². The lowest BCUT2D eigenvalue weighted by molar-refractivity contribution is 0.0687. The minimum Gasteiger partial charge on any atom is -0.476 e. The molecule has 3 rings (SSSR count). The van der Waals surface area contributed by atoms with Crippen LogP contribution in [0, 0.1) is 6.92 Å². The van der Waals surface area contributed by atoms with E-state index in [1.165, 1.54) is 22.1 Å². The molecule has 3 aromatic rings. The molecular weight excluding hydrogens is 312 g/mol. The monoisotopic (exact) mass is 320 g/mol. The SMILES string of the molecule is Cc1ccc(-n2nc(C(=O)O)c(=O)c3cc(Cl)sc32)cc1. The Morgan fingerprint density at radius 2 is 2.00 bits per heavy atom. The highest BCUT2D eigenvalue weighted by Gasteiger charge is 2.19. The molecule has 0 amide bonds. The molecule has 0 saturated carbocycles. The Morgan fingerprint density at radius 1 is 1.33 bits per heavy atom. The van der Waals surface area contributed by atoms with Gasteiger partial charge >= 0.3 is 5.97 Å². The maximum absolute atomic E-state index is 12.1. The van der Waals surface area contributed by atoms with Crippen LogP contribution in [0.5, 0.6) is 0 Å². The molecule has 1 N–H and O–H groups in total. The molecule has 21 heavy (non-hydrogen) atoms. The normalized spacial score (nSPS) is 11.0. The van der Waals surface area contributed by atoms with Crippen molar-refractivity contribution in [3.05, 3.63) is 56.1 Å². The van der Waals surface area contributed by atoms with Crippen molar-refractivity contribution >= 4 is 39.1 Å². The first kappa shape index (κ1) is 13.8. The van der Waals surface area contributed by atoms with Crippen molar-refractivity contribution < 1.29 is 9.90 Å². The van der Waals surface area contributed by atoms with E-state index in [0.717, 1.165) is 5.56 Å². The van der Waals surface area contributed by atoms with E-state index in [-0.39, 0.29) is 5.39 Å². The van der Waals surface area contributed by atoms with E-state index in [0.29, 0.717) is 14.9 Å². The molecule has 0 unspecified atom stereocenters. The second-order valence-corrected chi connectivity index (χ2v) is 6.16. The van der Waals surface area contributed by atoms with Crippen LogP contribution >= 0.6 is 22.9 Å². The van der Waals surface area contributed by atoms with E-state index in [2.05, 4.69) is 5.10 Å². The number of benzene rings is 1. The largest absolute Gasteiger partial charge is 0.476 e. The second kappa shape index (κ2) is 4.98. The molecule has 2 heterocycles. The van der Waals surface area contributed by atoms with E-state index in [4.69, 9.17) is 16.7 Å². The summed E-state index contributed by atoms with van der Waals surface area (Å²) in [7, 11) is 0. The summed E-state index contributed by atoms with van der Waals surface area (Å²) >= 11 is 7.15. The first-order chi connectivity index (χ1) is 9.97. The van der Waals surface area contributed by atoms with E-state index in [1.54, 1.807) is 0 Å². The lowest BCUT2D eigenvalue weighted by atomic mass is 10.2. The number of carboxylic acids is 1. The zero-order chi connectivity index (χ0) is 15.1. The molecule has 1 aromatic carbocycles. The summed E-state index contributed by atoms with van der Waals surface area (Å²) in [6.07, 6.45) is 0. The average Bonchev–Trinajstić information content (AvgIpc) is 2.82. The number of carboxylic acid groups (broad SMARTS) is 1. The number of fused-ring (bicyclic) bond motifs is 1. The summed E-state index contributed by atoms with van der Waals surface area (Å²) in [6, 6.07) is 8.87. The fourth-order valence-corrected chi connectivity index (χ4v) is 3.18. The van der Waals surface area contributed by atoms with Gasteiger partial charge in [0.2, 0.25) is 11.1 Å². The Hall–Kier alpha value is -2.18. The van der Waals surface area contributed by atoms with Crippen molar-refractivity contribution in [1.29, 1.82) is 0 Å². The first-order valence-corrected chi connectivity index (χ1v) is 7.19. The van der Waals surface area contributed by atoms with Crippen molar-refractivity contribution in [3.63, 3.8) is 0 Å². The molecule has 0 spiro atoms. The Balaban J connectivity index is 2.40. The Kier molecular flexibility index (Phi) is 3.27. The fraction of sp³-hybridized carbons (Fsp3) is 0.0714. The van der Waals surface area contributed by atoms with Crippen molar-refractivity contribution in [2.75, 3.05) is 0 Å². The van der Waals surface area contributed by atoms with Gasteiger partial charge in [-0.1, -0.05) is 29.3 Å². The number of aromatic carboxylic acids is 1. The summed E-state index contributed by atoms with van der Waals surface area (Å²) in [6.45, 7) is 1.95. The standard InChI is InChI=1S/C14H9ClN2O3S/c1-7-2-4-8(5-3-7)17-13-9(6-10(15)21-13)12(18)11(16-17)14(19)20/h2-6H,1H3,(H,19,20). The molecule has 7 heteroatoms. The molecule has 5 nitrogen and oxygen atoms in total. The topological polar surface area (TPSA) is 72.2 Å². The predicted molar refractivity (Wildman–Crippen MR) is 81.9 cm³/mol. The number of rotatable bonds is 2. The third kappa shape index (κ3) is 2.32. The highest BCUT2D eigenvalue weighted by molar-refractivity contribution is 7.22. The van der Waals surface area contributed by atoms with E-state index >= 15 is 0 Å². The van der Waals surface area contributed by atoms with Gasteiger partial charge in [0.05, 0.1) is 15.4 Å². The van der Waals surface area contributed by atoms with Crippen LogP contribution in [0.15, 0.2) is 35.1 Å². The highest BCUT2D eigenvalue weighted by Crippen LogP contribution is 2.28. The average molecular weight is 321 g/mol. The molecule has 0 aliphatic carbocycles. The number of aromatic nitrogens is 2. The lowest BCUT2D eigenvalue weighted by Gasteiger charge is -2.08. The summed E-state index contributed by atoms with van der Waals surface area (Å²) in [5.74, 6) is -1.36. The van der Waals surface area contributed by atoms with Crippen molar-refractivity contribution in [2.24, 2.45) is 0 Å². The summed E-state index contributed by atoms with van der Waals surface area (Å²) in [5, 5.41) is 13.4. The van der Waals surface area contributed by atoms with Crippen LogP contribution in [-0.4, -0.2) is 20.9 Å². The quantitative estimate of drug-likeness (QED) is 0.787. The Bertz CT molecular complexity index is 912. The molecule has 0 saturated heterocycles. The minimum absolute atomic E-state index is 0.262. The third-order valence-corrected chi connectivity index (χ3v) is 4.26. The Labute approximate surface area is 128 Å². The molecule has 106 valence electrons. The number of hydrogen-bond donors (Lipinski definition) is 1. The van der Waals surface area contributed by atoms with Crippen molar-refractivity contribution in [3.8, 4) is 5.69 Å². The number of thiophene rings is 1. The van der Waals surface area contributed by atoms with Crippen molar-refractivity contribution in [1.82, 2.24) is 9.78 Å². The molecule has 0 radical (unpaired) electrons. The molecule has 0 bridgehead atoms. The van der Waals surface area contributed by atoms with Gasteiger partial charge < -0.3 is 5.11 Å². The number of halogens is 1. The van der Waals surface area contributed by atoms with Crippen LogP contribution in [-0.2, 0) is 0 Å². The summed E-state index contributed by atoms with van der Waals surface area (Å²) < 4.78 is 1.85. The summed E-state index contributed by atoms with van der Waals surface area (Å²) in [4.78, 5) is 23.8. The maximum Gasteiger partial charge on any atom is 0.360 e. The van der Waals surface area contributed by atoms with Crippen LogP contribution in [0.25, 0.3) is 15.9 Å². The molecule has 0 fully saturated rings. The van der Waals surface area contributed by atoms with Gasteiger partial charge in [0.15, 0.2) is 0 Å². The molecule has 0 aliphatic heterocycles.